The smallest absolute Gasteiger partial charge is 0.272 e. The molecule has 2 amide bonds. The van der Waals surface area contributed by atoms with E-state index in [0.29, 0.717) is 24.3 Å². The summed E-state index contributed by atoms with van der Waals surface area (Å²) < 4.78 is 1.95. The molecule has 0 aliphatic carbocycles. The molecule has 0 bridgehead atoms. The molecule has 1 N–H and O–H groups in total. The monoisotopic (exact) mass is 438 g/mol. The standard InChI is InChI=1S/C27H26N4O2/c1-19-12-14-20(15-13-19)18-28-26(32)24-22-10-5-6-16-30(22)25(29-24)23-11-7-17-31(23)27(33)21-8-3-2-4-9-21/h2-6,8-10,12-16,23H,7,11,17-18H2,1H3,(H,28,32). The molecule has 1 unspecified atom stereocenters. The number of hydrogen-bond acceptors (Lipinski definition) is 3. The van der Waals surface area contributed by atoms with E-state index in [1.807, 2.05) is 95.2 Å². The molecule has 1 atom stereocenters. The number of nitrogens with one attached hydrogen (secondary N) is 1. The Hall–Kier alpha value is -3.93. The van der Waals surface area contributed by atoms with Crippen molar-refractivity contribution < 1.29 is 9.59 Å². The number of aromatic nitrogens is 2. The number of carbonyl (C=O) groups is 2. The van der Waals surface area contributed by atoms with Crippen LogP contribution in [0.3, 0.4) is 0 Å². The third-order valence-electron chi connectivity index (χ3n) is 6.20. The van der Waals surface area contributed by atoms with Gasteiger partial charge in [0.2, 0.25) is 0 Å². The number of likely N-dealkylation sites (tertiary alicyclic amines) is 1. The van der Waals surface area contributed by atoms with Gasteiger partial charge in [-0.3, -0.25) is 9.59 Å². The van der Waals surface area contributed by atoms with Crippen LogP contribution in [-0.2, 0) is 6.54 Å². The van der Waals surface area contributed by atoms with Gasteiger partial charge in [0, 0.05) is 24.8 Å². The summed E-state index contributed by atoms with van der Waals surface area (Å²) in [7, 11) is 0. The summed E-state index contributed by atoms with van der Waals surface area (Å²) in [6.07, 6.45) is 3.63. The van der Waals surface area contributed by atoms with Crippen LogP contribution in [0.2, 0.25) is 0 Å². The minimum absolute atomic E-state index is 0.00356. The maximum absolute atomic E-state index is 13.2. The Morgan fingerprint density at radius 3 is 2.55 bits per heavy atom. The van der Waals surface area contributed by atoms with Gasteiger partial charge in [-0.15, -0.1) is 0 Å². The lowest BCUT2D eigenvalue weighted by atomic mass is 10.1. The average molecular weight is 439 g/mol. The topological polar surface area (TPSA) is 66.7 Å². The Labute approximate surface area is 192 Å². The van der Waals surface area contributed by atoms with Crippen molar-refractivity contribution in [2.45, 2.75) is 32.4 Å². The lowest BCUT2D eigenvalue weighted by Crippen LogP contribution is -2.31. The first-order valence-corrected chi connectivity index (χ1v) is 11.3. The van der Waals surface area contributed by atoms with Gasteiger partial charge in [-0.2, -0.15) is 0 Å². The molecule has 2 aromatic carbocycles. The highest BCUT2D eigenvalue weighted by Crippen LogP contribution is 2.33. The highest BCUT2D eigenvalue weighted by atomic mass is 16.2. The molecule has 33 heavy (non-hydrogen) atoms. The first kappa shape index (κ1) is 20.9. The zero-order valence-electron chi connectivity index (χ0n) is 18.6. The molecular weight excluding hydrogens is 412 g/mol. The van der Waals surface area contributed by atoms with E-state index in [1.54, 1.807) is 0 Å². The van der Waals surface area contributed by atoms with Crippen LogP contribution in [0.5, 0.6) is 0 Å². The van der Waals surface area contributed by atoms with Crippen molar-refractivity contribution >= 4 is 17.3 Å². The highest BCUT2D eigenvalue weighted by Gasteiger charge is 2.34. The third kappa shape index (κ3) is 4.12. The fraction of sp³-hybridized carbons (Fsp3) is 0.222. The molecule has 166 valence electrons. The summed E-state index contributed by atoms with van der Waals surface area (Å²) in [5.74, 6) is 0.508. The van der Waals surface area contributed by atoms with Gasteiger partial charge in [-0.1, -0.05) is 54.1 Å². The van der Waals surface area contributed by atoms with Gasteiger partial charge < -0.3 is 14.6 Å². The van der Waals surface area contributed by atoms with E-state index in [1.165, 1.54) is 5.56 Å². The molecule has 6 heteroatoms. The summed E-state index contributed by atoms with van der Waals surface area (Å²) in [6, 6.07) is 23.0. The quantitative estimate of drug-likeness (QED) is 0.497. The molecule has 0 saturated carbocycles. The Balaban J connectivity index is 1.44. The van der Waals surface area contributed by atoms with Crippen LogP contribution in [0.15, 0.2) is 79.0 Å². The molecule has 6 nitrogen and oxygen atoms in total. The highest BCUT2D eigenvalue weighted by molar-refractivity contribution is 5.99. The molecule has 2 aromatic heterocycles. The average Bonchev–Trinajstić information content (AvgIpc) is 3.48. The summed E-state index contributed by atoms with van der Waals surface area (Å²) in [6.45, 7) is 3.15. The molecular formula is C27H26N4O2. The Morgan fingerprint density at radius 2 is 1.76 bits per heavy atom. The second-order valence-electron chi connectivity index (χ2n) is 8.47. The number of imidazole rings is 1. The molecule has 4 aromatic rings. The van der Waals surface area contributed by atoms with E-state index in [4.69, 9.17) is 4.98 Å². The number of fused-ring (bicyclic) bond motifs is 1. The fourth-order valence-corrected chi connectivity index (χ4v) is 4.46. The van der Waals surface area contributed by atoms with Crippen molar-refractivity contribution in [2.75, 3.05) is 6.54 Å². The van der Waals surface area contributed by atoms with Crippen LogP contribution in [0, 0.1) is 6.92 Å². The second-order valence-corrected chi connectivity index (χ2v) is 8.47. The normalized spacial score (nSPS) is 15.7. The largest absolute Gasteiger partial charge is 0.347 e. The van der Waals surface area contributed by atoms with Gasteiger partial charge in [0.25, 0.3) is 11.8 Å². The van der Waals surface area contributed by atoms with Crippen molar-refractivity contribution in [1.82, 2.24) is 19.6 Å². The van der Waals surface area contributed by atoms with E-state index < -0.39 is 0 Å². The van der Waals surface area contributed by atoms with Gasteiger partial charge in [0.05, 0.1) is 11.6 Å². The Bertz CT molecular complexity index is 1290. The number of hydrogen-bond donors (Lipinski definition) is 1. The van der Waals surface area contributed by atoms with E-state index in [0.717, 1.165) is 29.7 Å². The zero-order chi connectivity index (χ0) is 22.8. The number of carbonyl (C=O) groups excluding carboxylic acids is 2. The van der Waals surface area contributed by atoms with E-state index in [2.05, 4.69) is 5.32 Å². The number of benzene rings is 2. The number of aryl methyl sites for hydroxylation is 1. The van der Waals surface area contributed by atoms with Crippen molar-refractivity contribution in [1.29, 1.82) is 0 Å². The maximum Gasteiger partial charge on any atom is 0.272 e. The van der Waals surface area contributed by atoms with Gasteiger partial charge >= 0.3 is 0 Å². The summed E-state index contributed by atoms with van der Waals surface area (Å²) >= 11 is 0. The van der Waals surface area contributed by atoms with Crippen LogP contribution in [0.4, 0.5) is 0 Å². The molecule has 3 heterocycles. The minimum atomic E-state index is -0.218. The number of rotatable bonds is 5. The van der Waals surface area contributed by atoms with Crippen molar-refractivity contribution in [3.8, 4) is 0 Å². The van der Waals surface area contributed by atoms with Gasteiger partial charge in [0.15, 0.2) is 5.69 Å². The lowest BCUT2D eigenvalue weighted by molar-refractivity contribution is 0.0729. The molecule has 0 spiro atoms. The van der Waals surface area contributed by atoms with Crippen LogP contribution in [0.1, 0.15) is 56.7 Å². The molecule has 0 radical (unpaired) electrons. The summed E-state index contributed by atoms with van der Waals surface area (Å²) in [5.41, 5.74) is 4.01. The Morgan fingerprint density at radius 1 is 1.00 bits per heavy atom. The zero-order valence-corrected chi connectivity index (χ0v) is 18.6. The molecule has 1 aliphatic heterocycles. The SMILES string of the molecule is Cc1ccc(CNC(=O)c2nc(C3CCCN3C(=O)c3ccccc3)n3ccccc23)cc1. The van der Waals surface area contributed by atoms with E-state index in [-0.39, 0.29) is 17.9 Å². The third-order valence-corrected chi connectivity index (χ3v) is 6.20. The summed E-state index contributed by atoms with van der Waals surface area (Å²) in [4.78, 5) is 33.0. The predicted molar refractivity (Wildman–Crippen MR) is 127 cm³/mol. The maximum atomic E-state index is 13.2. The van der Waals surface area contributed by atoms with Crippen molar-refractivity contribution in [3.63, 3.8) is 0 Å². The molecule has 1 fully saturated rings. The predicted octanol–water partition coefficient (Wildman–Crippen LogP) is 4.55. The van der Waals surface area contributed by atoms with Crippen LogP contribution in [-0.4, -0.2) is 32.6 Å². The van der Waals surface area contributed by atoms with Crippen LogP contribution >= 0.6 is 0 Å². The van der Waals surface area contributed by atoms with Gasteiger partial charge in [-0.05, 0) is 49.6 Å². The number of nitrogens with zero attached hydrogens (tertiary/aromatic N) is 3. The summed E-state index contributed by atoms with van der Waals surface area (Å²) in [5, 5.41) is 3.00. The molecule has 1 saturated heterocycles. The van der Waals surface area contributed by atoms with E-state index in [9.17, 15) is 9.59 Å². The molecule has 5 rings (SSSR count). The first-order chi connectivity index (χ1) is 16.1. The van der Waals surface area contributed by atoms with Crippen LogP contribution < -0.4 is 5.32 Å². The number of pyridine rings is 1. The van der Waals surface area contributed by atoms with E-state index >= 15 is 0 Å². The minimum Gasteiger partial charge on any atom is -0.347 e. The molecule has 1 aliphatic rings. The lowest BCUT2D eigenvalue weighted by Gasteiger charge is -2.24. The van der Waals surface area contributed by atoms with Gasteiger partial charge in [-0.25, -0.2) is 4.98 Å². The Kier molecular flexibility index (Phi) is 5.65. The second kappa shape index (κ2) is 8.90. The van der Waals surface area contributed by atoms with Crippen molar-refractivity contribution in [2.24, 2.45) is 0 Å². The van der Waals surface area contributed by atoms with Crippen LogP contribution in [0.25, 0.3) is 5.52 Å². The van der Waals surface area contributed by atoms with Gasteiger partial charge in [0.1, 0.15) is 5.82 Å². The number of amides is 2. The first-order valence-electron chi connectivity index (χ1n) is 11.3. The van der Waals surface area contributed by atoms with Crippen molar-refractivity contribution in [3.05, 3.63) is 107 Å². The fourth-order valence-electron chi connectivity index (χ4n) is 4.46.